The SMILES string of the molecule is C=C(O)c1cccc2c1OB(O)[C@@H](NC(=O)CC1CCC(NCCN)CC1)C2. The zero-order valence-corrected chi connectivity index (χ0v) is 16.2. The molecule has 0 bridgehead atoms. The fourth-order valence-electron chi connectivity index (χ4n) is 4.16. The minimum absolute atomic E-state index is 0.0582. The lowest BCUT2D eigenvalue weighted by atomic mass is 9.72. The Hall–Kier alpha value is -2.03. The highest BCUT2D eigenvalue weighted by molar-refractivity contribution is 6.46. The lowest BCUT2D eigenvalue weighted by molar-refractivity contribution is -0.122. The molecule has 0 spiro atoms. The van der Waals surface area contributed by atoms with Crippen molar-refractivity contribution in [3.05, 3.63) is 35.9 Å². The van der Waals surface area contributed by atoms with E-state index in [9.17, 15) is 14.9 Å². The van der Waals surface area contributed by atoms with Gasteiger partial charge in [-0.3, -0.25) is 4.79 Å². The van der Waals surface area contributed by atoms with E-state index in [1.165, 1.54) is 0 Å². The quantitative estimate of drug-likeness (QED) is 0.354. The monoisotopic (exact) mass is 387 g/mol. The molecule has 1 saturated carbocycles. The van der Waals surface area contributed by atoms with Gasteiger partial charge in [-0.25, -0.2) is 0 Å². The van der Waals surface area contributed by atoms with Crippen LogP contribution in [-0.4, -0.2) is 48.2 Å². The van der Waals surface area contributed by atoms with Crippen LogP contribution in [0.4, 0.5) is 0 Å². The number of aliphatic hydroxyl groups excluding tert-OH is 1. The molecule has 1 amide bonds. The highest BCUT2D eigenvalue weighted by Crippen LogP contribution is 2.33. The van der Waals surface area contributed by atoms with E-state index in [2.05, 4.69) is 17.2 Å². The number of rotatable bonds is 7. The van der Waals surface area contributed by atoms with E-state index < -0.39 is 13.1 Å². The van der Waals surface area contributed by atoms with E-state index in [4.69, 9.17) is 10.4 Å². The molecule has 1 aromatic carbocycles. The van der Waals surface area contributed by atoms with Crippen molar-refractivity contribution in [2.45, 2.75) is 50.5 Å². The van der Waals surface area contributed by atoms with E-state index in [0.717, 1.165) is 37.8 Å². The Labute approximate surface area is 166 Å². The molecule has 7 nitrogen and oxygen atoms in total. The van der Waals surface area contributed by atoms with Gasteiger partial charge in [-0.05, 0) is 49.7 Å². The van der Waals surface area contributed by atoms with Gasteiger partial charge in [-0.15, -0.1) is 0 Å². The van der Waals surface area contributed by atoms with Crippen molar-refractivity contribution in [1.82, 2.24) is 10.6 Å². The average Bonchev–Trinajstić information content (AvgIpc) is 2.67. The van der Waals surface area contributed by atoms with E-state index in [1.807, 2.05) is 6.07 Å². The normalized spacial score (nSPS) is 24.2. The predicted molar refractivity (Wildman–Crippen MR) is 110 cm³/mol. The van der Waals surface area contributed by atoms with Gasteiger partial charge >= 0.3 is 7.12 Å². The summed E-state index contributed by atoms with van der Waals surface area (Å²) in [5, 5.41) is 26.4. The van der Waals surface area contributed by atoms with Crippen LogP contribution in [0.15, 0.2) is 24.8 Å². The Morgan fingerprint density at radius 1 is 1.32 bits per heavy atom. The molecule has 1 aromatic rings. The molecule has 0 radical (unpaired) electrons. The number of fused-ring (bicyclic) bond motifs is 1. The number of carbonyl (C=O) groups is 1. The first-order valence-corrected chi connectivity index (χ1v) is 10.1. The highest BCUT2D eigenvalue weighted by atomic mass is 16.5. The fourth-order valence-corrected chi connectivity index (χ4v) is 4.16. The largest absolute Gasteiger partial charge is 0.547 e. The van der Waals surface area contributed by atoms with Crippen molar-refractivity contribution in [2.75, 3.05) is 13.1 Å². The van der Waals surface area contributed by atoms with Gasteiger partial charge in [0.1, 0.15) is 11.5 Å². The Morgan fingerprint density at radius 3 is 2.75 bits per heavy atom. The van der Waals surface area contributed by atoms with Gasteiger partial charge in [0.25, 0.3) is 0 Å². The van der Waals surface area contributed by atoms with Crippen LogP contribution in [0.1, 0.15) is 43.2 Å². The second-order valence-electron chi connectivity index (χ2n) is 7.79. The minimum atomic E-state index is -1.16. The maximum Gasteiger partial charge on any atom is 0.547 e. The number of hydrogen-bond donors (Lipinski definition) is 5. The summed E-state index contributed by atoms with van der Waals surface area (Å²) < 4.78 is 5.58. The lowest BCUT2D eigenvalue weighted by Crippen LogP contribution is -2.53. The molecular formula is C20H30BN3O4. The second-order valence-corrected chi connectivity index (χ2v) is 7.79. The van der Waals surface area contributed by atoms with Crippen LogP contribution in [0.5, 0.6) is 5.75 Å². The van der Waals surface area contributed by atoms with Crippen LogP contribution in [0, 0.1) is 5.92 Å². The molecule has 8 heteroatoms. The standard InChI is InChI=1S/C20H30BN3O4/c1-13(25)17-4-2-3-15-12-18(21(27)28-20(15)17)24-19(26)11-14-5-7-16(8-6-14)23-10-9-22/h2-4,14,16,18,23,25,27H,1,5-12,22H2,(H,24,26)/t14?,16?,18-/m0/s1. The number of nitrogens with one attached hydrogen (secondary N) is 2. The van der Waals surface area contributed by atoms with Crippen LogP contribution < -0.4 is 21.0 Å². The predicted octanol–water partition coefficient (Wildman–Crippen LogP) is 1.15. The van der Waals surface area contributed by atoms with Crippen molar-refractivity contribution in [1.29, 1.82) is 0 Å². The van der Waals surface area contributed by atoms with Crippen molar-refractivity contribution in [3.8, 4) is 5.75 Å². The number of amides is 1. The van der Waals surface area contributed by atoms with Crippen LogP contribution in [0.2, 0.25) is 0 Å². The first-order chi connectivity index (χ1) is 13.5. The average molecular weight is 387 g/mol. The molecule has 152 valence electrons. The molecule has 0 saturated heterocycles. The summed E-state index contributed by atoms with van der Waals surface area (Å²) in [6, 6.07) is 5.85. The molecule has 1 aliphatic heterocycles. The van der Waals surface area contributed by atoms with Crippen LogP contribution in [-0.2, 0) is 11.2 Å². The number of carbonyl (C=O) groups excluding carboxylic acids is 1. The zero-order chi connectivity index (χ0) is 20.1. The number of benzene rings is 1. The summed E-state index contributed by atoms with van der Waals surface area (Å²) in [7, 11) is -1.16. The van der Waals surface area contributed by atoms with E-state index in [1.54, 1.807) is 12.1 Å². The Bertz CT molecular complexity index is 707. The minimum Gasteiger partial charge on any atom is -0.534 e. The molecule has 1 atom stereocenters. The van der Waals surface area contributed by atoms with Gasteiger partial charge in [0.2, 0.25) is 5.91 Å². The number of aliphatic hydroxyl groups is 1. The zero-order valence-electron chi connectivity index (χ0n) is 16.2. The first-order valence-electron chi connectivity index (χ1n) is 10.1. The third-order valence-corrected chi connectivity index (χ3v) is 5.67. The summed E-state index contributed by atoms with van der Waals surface area (Å²) in [5.41, 5.74) is 6.82. The summed E-state index contributed by atoms with van der Waals surface area (Å²) >= 11 is 0. The third kappa shape index (κ3) is 5.07. The Morgan fingerprint density at radius 2 is 2.07 bits per heavy atom. The van der Waals surface area contributed by atoms with E-state index in [-0.39, 0.29) is 11.7 Å². The summed E-state index contributed by atoms with van der Waals surface area (Å²) in [5.74, 6) is 0.121. The van der Waals surface area contributed by atoms with Crippen LogP contribution >= 0.6 is 0 Å². The van der Waals surface area contributed by atoms with Crippen molar-refractivity contribution in [3.63, 3.8) is 0 Å². The molecule has 6 N–H and O–H groups in total. The molecule has 0 aromatic heterocycles. The second kappa shape index (κ2) is 9.45. The van der Waals surface area contributed by atoms with E-state index >= 15 is 0 Å². The smallest absolute Gasteiger partial charge is 0.534 e. The van der Waals surface area contributed by atoms with Crippen molar-refractivity contribution >= 4 is 18.8 Å². The molecule has 3 rings (SSSR count). The molecule has 1 aliphatic carbocycles. The summed E-state index contributed by atoms with van der Waals surface area (Å²) in [4.78, 5) is 12.5. The van der Waals surface area contributed by atoms with Crippen LogP contribution in [0.3, 0.4) is 0 Å². The topological polar surface area (TPSA) is 117 Å². The number of hydrogen-bond acceptors (Lipinski definition) is 6. The maximum absolute atomic E-state index is 12.5. The summed E-state index contributed by atoms with van der Waals surface area (Å²) in [6.45, 7) is 5.01. The van der Waals surface area contributed by atoms with Gasteiger partial charge in [0, 0.05) is 25.6 Å². The number of nitrogens with two attached hydrogens (primary N) is 1. The highest BCUT2D eigenvalue weighted by Gasteiger charge is 2.37. The first kappa shape index (κ1) is 20.7. The van der Waals surface area contributed by atoms with Gasteiger partial charge < -0.3 is 31.2 Å². The van der Waals surface area contributed by atoms with Crippen molar-refractivity contribution in [2.24, 2.45) is 11.7 Å². The Balaban J connectivity index is 1.51. The van der Waals surface area contributed by atoms with Gasteiger partial charge in [0.15, 0.2) is 0 Å². The molecule has 1 heterocycles. The molecule has 28 heavy (non-hydrogen) atoms. The van der Waals surface area contributed by atoms with Gasteiger partial charge in [-0.2, -0.15) is 0 Å². The van der Waals surface area contributed by atoms with Crippen molar-refractivity contribution < 1.29 is 19.6 Å². The molecule has 1 fully saturated rings. The van der Waals surface area contributed by atoms with Crippen LogP contribution in [0.25, 0.3) is 5.76 Å². The van der Waals surface area contributed by atoms with Gasteiger partial charge in [-0.1, -0.05) is 18.7 Å². The lowest BCUT2D eigenvalue weighted by Gasteiger charge is -2.31. The Kier molecular flexibility index (Phi) is 6.99. The molecule has 2 aliphatic rings. The maximum atomic E-state index is 12.5. The number of para-hydroxylation sites is 1. The molecule has 0 unspecified atom stereocenters. The van der Waals surface area contributed by atoms with Gasteiger partial charge in [0.05, 0.1) is 11.5 Å². The fraction of sp³-hybridized carbons (Fsp3) is 0.550. The molecular weight excluding hydrogens is 357 g/mol. The van der Waals surface area contributed by atoms with E-state index in [0.29, 0.717) is 42.7 Å². The summed E-state index contributed by atoms with van der Waals surface area (Å²) in [6.07, 6.45) is 5.07. The third-order valence-electron chi connectivity index (χ3n) is 5.67.